The summed E-state index contributed by atoms with van der Waals surface area (Å²) in [7, 11) is 1.40. The van der Waals surface area contributed by atoms with Gasteiger partial charge in [-0.25, -0.2) is 4.39 Å². The van der Waals surface area contributed by atoms with E-state index in [1.807, 2.05) is 6.92 Å². The van der Waals surface area contributed by atoms with Crippen LogP contribution >= 0.6 is 0 Å². The molecule has 2 aromatic rings. The van der Waals surface area contributed by atoms with E-state index in [2.05, 4.69) is 5.32 Å². The van der Waals surface area contributed by atoms with E-state index < -0.39 is 30.1 Å². The lowest BCUT2D eigenvalue weighted by Crippen LogP contribution is -2.22. The first-order valence-electron chi connectivity index (χ1n) is 8.06. The number of hydrogen-bond donors (Lipinski definition) is 1. The lowest BCUT2D eigenvalue weighted by molar-refractivity contribution is -0.138. The molecule has 140 valence electrons. The van der Waals surface area contributed by atoms with Crippen molar-refractivity contribution in [3.05, 3.63) is 64.5 Å². The van der Waals surface area contributed by atoms with E-state index in [4.69, 9.17) is 4.74 Å². The SMILES string of the molecule is CCc1ccc(OCc2c(CC(=O)NC)cccc2C(F)(F)F)c(F)c1. The third-order valence-electron chi connectivity index (χ3n) is 3.98. The predicted octanol–water partition coefficient (Wildman–Crippen LogP) is 4.27. The molecule has 26 heavy (non-hydrogen) atoms. The van der Waals surface area contributed by atoms with Crippen molar-refractivity contribution in [1.82, 2.24) is 5.32 Å². The van der Waals surface area contributed by atoms with Crippen LogP contribution in [-0.4, -0.2) is 13.0 Å². The number of rotatable bonds is 6. The molecule has 3 nitrogen and oxygen atoms in total. The molecule has 0 saturated carbocycles. The monoisotopic (exact) mass is 369 g/mol. The molecule has 0 fully saturated rings. The Balaban J connectivity index is 2.35. The van der Waals surface area contributed by atoms with Crippen molar-refractivity contribution in [2.45, 2.75) is 32.5 Å². The fourth-order valence-corrected chi connectivity index (χ4v) is 2.53. The lowest BCUT2D eigenvalue weighted by Gasteiger charge is -2.17. The van der Waals surface area contributed by atoms with Gasteiger partial charge in [0.1, 0.15) is 6.61 Å². The Morgan fingerprint density at radius 3 is 2.50 bits per heavy atom. The molecule has 0 atom stereocenters. The maximum atomic E-state index is 14.0. The van der Waals surface area contributed by atoms with Gasteiger partial charge in [0.05, 0.1) is 12.0 Å². The van der Waals surface area contributed by atoms with Crippen LogP contribution in [0.15, 0.2) is 36.4 Å². The third-order valence-corrected chi connectivity index (χ3v) is 3.98. The van der Waals surface area contributed by atoms with Crippen molar-refractivity contribution in [2.24, 2.45) is 0 Å². The topological polar surface area (TPSA) is 38.3 Å². The van der Waals surface area contributed by atoms with Crippen molar-refractivity contribution in [3.63, 3.8) is 0 Å². The van der Waals surface area contributed by atoms with Crippen molar-refractivity contribution < 1.29 is 27.1 Å². The van der Waals surface area contributed by atoms with E-state index in [1.165, 1.54) is 31.3 Å². The Kier molecular flexibility index (Phi) is 6.23. The van der Waals surface area contributed by atoms with Crippen LogP contribution < -0.4 is 10.1 Å². The van der Waals surface area contributed by atoms with Gasteiger partial charge in [0.25, 0.3) is 0 Å². The number of alkyl halides is 3. The number of ether oxygens (including phenoxy) is 1. The second-order valence-electron chi connectivity index (χ2n) is 5.70. The van der Waals surface area contributed by atoms with E-state index in [-0.39, 0.29) is 23.3 Å². The first kappa shape index (κ1) is 19.8. The maximum Gasteiger partial charge on any atom is 0.416 e. The van der Waals surface area contributed by atoms with E-state index >= 15 is 0 Å². The molecule has 0 aromatic heterocycles. The van der Waals surface area contributed by atoms with Gasteiger partial charge in [-0.1, -0.05) is 25.1 Å². The molecule has 0 spiro atoms. The number of nitrogens with one attached hydrogen (secondary N) is 1. The van der Waals surface area contributed by atoms with Crippen LogP contribution in [0.1, 0.15) is 29.2 Å². The highest BCUT2D eigenvalue weighted by Crippen LogP contribution is 2.34. The minimum Gasteiger partial charge on any atom is -0.486 e. The van der Waals surface area contributed by atoms with E-state index in [9.17, 15) is 22.4 Å². The molecular formula is C19H19F4NO2. The smallest absolute Gasteiger partial charge is 0.416 e. The molecule has 0 heterocycles. The van der Waals surface area contributed by atoms with Crippen LogP contribution in [0.4, 0.5) is 17.6 Å². The number of carbonyl (C=O) groups is 1. The number of halogens is 4. The quantitative estimate of drug-likeness (QED) is 0.772. The van der Waals surface area contributed by atoms with Gasteiger partial charge in [-0.15, -0.1) is 0 Å². The Morgan fingerprint density at radius 2 is 1.92 bits per heavy atom. The molecule has 1 N–H and O–H groups in total. The van der Waals surface area contributed by atoms with Crippen molar-refractivity contribution in [2.75, 3.05) is 7.05 Å². The highest BCUT2D eigenvalue weighted by Gasteiger charge is 2.34. The summed E-state index contributed by atoms with van der Waals surface area (Å²) in [6.07, 6.45) is -4.21. The number of hydrogen-bond acceptors (Lipinski definition) is 2. The largest absolute Gasteiger partial charge is 0.486 e. The first-order valence-corrected chi connectivity index (χ1v) is 8.06. The third kappa shape index (κ3) is 4.74. The minimum atomic E-state index is -4.61. The molecule has 7 heteroatoms. The second-order valence-corrected chi connectivity index (χ2v) is 5.70. The minimum absolute atomic E-state index is 0.134. The number of likely N-dealkylation sites (N-methyl/N-ethyl adjacent to an activating group) is 1. The summed E-state index contributed by atoms with van der Waals surface area (Å²) in [5, 5.41) is 2.37. The Bertz CT molecular complexity index is 788. The molecule has 2 rings (SSSR count). The molecular weight excluding hydrogens is 350 g/mol. The van der Waals surface area contributed by atoms with E-state index in [1.54, 1.807) is 6.07 Å². The Labute approximate surface area is 149 Å². The number of amides is 1. The van der Waals surface area contributed by atoms with E-state index in [0.29, 0.717) is 6.42 Å². The van der Waals surface area contributed by atoms with Crippen molar-refractivity contribution >= 4 is 5.91 Å². The number of aryl methyl sites for hydroxylation is 1. The summed E-state index contributed by atoms with van der Waals surface area (Å²) in [5.74, 6) is -1.20. The average Bonchev–Trinajstić information content (AvgIpc) is 2.60. The van der Waals surface area contributed by atoms with Gasteiger partial charge < -0.3 is 10.1 Å². The molecule has 0 aliphatic carbocycles. The fraction of sp³-hybridized carbons (Fsp3) is 0.316. The van der Waals surface area contributed by atoms with Gasteiger partial charge >= 0.3 is 6.18 Å². The van der Waals surface area contributed by atoms with Gasteiger partial charge in [-0.3, -0.25) is 4.79 Å². The van der Waals surface area contributed by atoms with Crippen molar-refractivity contribution in [1.29, 1.82) is 0 Å². The van der Waals surface area contributed by atoms with Crippen molar-refractivity contribution in [3.8, 4) is 5.75 Å². The maximum absolute atomic E-state index is 14.0. The zero-order valence-electron chi connectivity index (χ0n) is 14.4. The molecule has 2 aromatic carbocycles. The summed E-state index contributed by atoms with van der Waals surface area (Å²) in [6.45, 7) is 1.37. The summed E-state index contributed by atoms with van der Waals surface area (Å²) in [4.78, 5) is 11.6. The highest BCUT2D eigenvalue weighted by molar-refractivity contribution is 5.78. The Morgan fingerprint density at radius 1 is 1.19 bits per heavy atom. The molecule has 1 amide bonds. The summed E-state index contributed by atoms with van der Waals surface area (Å²) in [6, 6.07) is 7.92. The van der Waals surface area contributed by atoms with Crippen LogP contribution in [0.2, 0.25) is 0 Å². The van der Waals surface area contributed by atoms with Crippen LogP contribution in [-0.2, 0) is 30.4 Å². The molecule has 0 unspecified atom stereocenters. The van der Waals surface area contributed by atoms with Crippen LogP contribution in [0.25, 0.3) is 0 Å². The zero-order valence-corrected chi connectivity index (χ0v) is 14.4. The molecule has 0 radical (unpaired) electrons. The Hall–Kier alpha value is -2.57. The van der Waals surface area contributed by atoms with Gasteiger partial charge in [-0.05, 0) is 35.7 Å². The van der Waals surface area contributed by atoms with Gasteiger partial charge in [0, 0.05) is 12.6 Å². The van der Waals surface area contributed by atoms with E-state index in [0.717, 1.165) is 11.6 Å². The lowest BCUT2D eigenvalue weighted by atomic mass is 9.98. The zero-order chi connectivity index (χ0) is 19.3. The second kappa shape index (κ2) is 8.21. The fourth-order valence-electron chi connectivity index (χ4n) is 2.53. The van der Waals surface area contributed by atoms with Crippen LogP contribution in [0, 0.1) is 5.82 Å². The van der Waals surface area contributed by atoms with Gasteiger partial charge in [-0.2, -0.15) is 13.2 Å². The standard InChI is InChI=1S/C19H19F4NO2/c1-3-12-7-8-17(16(20)9-12)26-11-14-13(10-18(25)24-2)5-4-6-15(14)19(21,22)23/h4-9H,3,10-11H2,1-2H3,(H,24,25). The first-order chi connectivity index (χ1) is 12.3. The summed E-state index contributed by atoms with van der Waals surface area (Å²) >= 11 is 0. The average molecular weight is 369 g/mol. The molecule has 0 saturated heterocycles. The summed E-state index contributed by atoms with van der Waals surface area (Å²) < 4.78 is 59.3. The molecule has 0 bridgehead atoms. The molecule has 0 aliphatic heterocycles. The number of benzene rings is 2. The number of carbonyl (C=O) groups excluding carboxylic acids is 1. The normalized spacial score (nSPS) is 11.3. The van der Waals surface area contributed by atoms with Gasteiger partial charge in [0.15, 0.2) is 11.6 Å². The highest BCUT2D eigenvalue weighted by atomic mass is 19.4. The molecule has 0 aliphatic rings. The van der Waals surface area contributed by atoms with Crippen LogP contribution in [0.5, 0.6) is 5.75 Å². The predicted molar refractivity (Wildman–Crippen MR) is 89.3 cm³/mol. The summed E-state index contributed by atoms with van der Waals surface area (Å²) in [5.41, 5.74) is -0.136. The van der Waals surface area contributed by atoms with Crippen LogP contribution in [0.3, 0.4) is 0 Å². The van der Waals surface area contributed by atoms with Gasteiger partial charge in [0.2, 0.25) is 5.91 Å².